The van der Waals surface area contributed by atoms with Crippen molar-refractivity contribution in [2.75, 3.05) is 33.2 Å². The van der Waals surface area contributed by atoms with Crippen LogP contribution in [0.4, 0.5) is 0 Å². The molecule has 0 aliphatic carbocycles. The second kappa shape index (κ2) is 9.47. The van der Waals surface area contributed by atoms with E-state index >= 15 is 0 Å². The smallest absolute Gasteiger partial charge is 0.000133 e. The van der Waals surface area contributed by atoms with Crippen molar-refractivity contribution in [1.82, 2.24) is 10.2 Å². The van der Waals surface area contributed by atoms with Crippen molar-refractivity contribution in [1.29, 1.82) is 0 Å². The van der Waals surface area contributed by atoms with Gasteiger partial charge in [0.25, 0.3) is 0 Å². The molecule has 14 heavy (non-hydrogen) atoms. The van der Waals surface area contributed by atoms with Crippen LogP contribution in [0.3, 0.4) is 0 Å². The monoisotopic (exact) mass is 200 g/mol. The van der Waals surface area contributed by atoms with Gasteiger partial charge >= 0.3 is 0 Å². The fourth-order valence-corrected chi connectivity index (χ4v) is 1.70. The first-order valence-electron chi connectivity index (χ1n) is 6.06. The van der Waals surface area contributed by atoms with Crippen LogP contribution in [0.15, 0.2) is 0 Å². The second-order valence-electron chi connectivity index (χ2n) is 4.57. The molecule has 0 bridgehead atoms. The van der Waals surface area contributed by atoms with E-state index in [1.165, 1.54) is 38.9 Å². The zero-order valence-electron chi connectivity index (χ0n) is 10.5. The van der Waals surface area contributed by atoms with Crippen molar-refractivity contribution in [2.24, 2.45) is 5.92 Å². The molecule has 0 rings (SSSR count). The third-order valence-corrected chi connectivity index (χ3v) is 2.32. The molecular weight excluding hydrogens is 172 g/mol. The fraction of sp³-hybridized carbons (Fsp3) is 1.00. The Morgan fingerprint density at radius 3 is 2.43 bits per heavy atom. The average Bonchev–Trinajstić information content (AvgIpc) is 2.10. The van der Waals surface area contributed by atoms with Crippen LogP contribution in [-0.2, 0) is 0 Å². The Hall–Kier alpha value is -0.0800. The maximum Gasteiger partial charge on any atom is 0.000133 e. The molecule has 1 N–H and O–H groups in total. The van der Waals surface area contributed by atoms with Gasteiger partial charge in [-0.3, -0.25) is 0 Å². The lowest BCUT2D eigenvalue weighted by Crippen LogP contribution is -2.24. The number of rotatable bonds is 9. The molecule has 0 heterocycles. The predicted molar refractivity (Wildman–Crippen MR) is 64.7 cm³/mol. The van der Waals surface area contributed by atoms with Gasteiger partial charge in [-0.25, -0.2) is 0 Å². The Bertz CT molecular complexity index is 113. The summed E-state index contributed by atoms with van der Waals surface area (Å²) >= 11 is 0. The number of hydrogen-bond donors (Lipinski definition) is 1. The Labute approximate surface area is 90.1 Å². The lowest BCUT2D eigenvalue weighted by molar-refractivity contribution is 0.288. The summed E-state index contributed by atoms with van der Waals surface area (Å²) in [7, 11) is 2.23. The maximum atomic E-state index is 3.35. The van der Waals surface area contributed by atoms with E-state index in [4.69, 9.17) is 0 Å². The number of hydrogen-bond acceptors (Lipinski definition) is 2. The van der Waals surface area contributed by atoms with E-state index in [2.05, 4.69) is 38.0 Å². The summed E-state index contributed by atoms with van der Waals surface area (Å²) in [5.74, 6) is 0.793. The van der Waals surface area contributed by atoms with Gasteiger partial charge in [-0.2, -0.15) is 0 Å². The number of unbranched alkanes of at least 4 members (excludes halogenated alkanes) is 2. The lowest BCUT2D eigenvalue weighted by Gasteiger charge is -2.18. The highest BCUT2D eigenvalue weighted by atomic mass is 15.1. The van der Waals surface area contributed by atoms with Gasteiger partial charge in [0.05, 0.1) is 0 Å². The third-order valence-electron chi connectivity index (χ3n) is 2.32. The van der Waals surface area contributed by atoms with Crippen molar-refractivity contribution >= 4 is 0 Å². The maximum absolute atomic E-state index is 3.35. The Morgan fingerprint density at radius 1 is 1.14 bits per heavy atom. The first kappa shape index (κ1) is 13.9. The molecule has 0 fully saturated rings. The van der Waals surface area contributed by atoms with Gasteiger partial charge in [0.2, 0.25) is 0 Å². The highest BCUT2D eigenvalue weighted by Crippen LogP contribution is 2.00. The number of nitrogens with zero attached hydrogens (tertiary/aromatic N) is 1. The molecule has 0 spiro atoms. The molecule has 0 aromatic carbocycles. The molecule has 0 aliphatic heterocycles. The van der Waals surface area contributed by atoms with Gasteiger partial charge < -0.3 is 10.2 Å². The van der Waals surface area contributed by atoms with E-state index in [9.17, 15) is 0 Å². The van der Waals surface area contributed by atoms with Crippen molar-refractivity contribution in [3.8, 4) is 0 Å². The van der Waals surface area contributed by atoms with Crippen molar-refractivity contribution in [3.63, 3.8) is 0 Å². The summed E-state index contributed by atoms with van der Waals surface area (Å²) in [6.45, 7) is 11.5. The first-order valence-corrected chi connectivity index (χ1v) is 6.06. The highest BCUT2D eigenvalue weighted by molar-refractivity contribution is 4.55. The summed E-state index contributed by atoms with van der Waals surface area (Å²) in [5, 5.41) is 3.35. The fourth-order valence-electron chi connectivity index (χ4n) is 1.70. The summed E-state index contributed by atoms with van der Waals surface area (Å²) in [6, 6.07) is 0. The molecular formula is C12H28N2. The lowest BCUT2D eigenvalue weighted by atomic mass is 10.2. The molecule has 0 aromatic heterocycles. The molecule has 2 heteroatoms. The first-order chi connectivity index (χ1) is 6.66. The predicted octanol–water partition coefficient (Wildman–Crippen LogP) is 2.35. The SMILES string of the molecule is CCNCCCCCN(C)CC(C)C. The molecule has 0 radical (unpaired) electrons. The zero-order valence-corrected chi connectivity index (χ0v) is 10.5. The Balaban J connectivity index is 3.10. The zero-order chi connectivity index (χ0) is 10.8. The summed E-state index contributed by atoms with van der Waals surface area (Å²) < 4.78 is 0. The van der Waals surface area contributed by atoms with Crippen LogP contribution >= 0.6 is 0 Å². The van der Waals surface area contributed by atoms with Crippen molar-refractivity contribution < 1.29 is 0 Å². The molecule has 0 amide bonds. The minimum Gasteiger partial charge on any atom is -0.317 e. The van der Waals surface area contributed by atoms with Crippen LogP contribution in [0.1, 0.15) is 40.0 Å². The second-order valence-corrected chi connectivity index (χ2v) is 4.57. The molecule has 2 nitrogen and oxygen atoms in total. The topological polar surface area (TPSA) is 15.3 Å². The van der Waals surface area contributed by atoms with Crippen LogP contribution in [0, 0.1) is 5.92 Å². The summed E-state index contributed by atoms with van der Waals surface area (Å²) in [5.41, 5.74) is 0. The van der Waals surface area contributed by atoms with Crippen LogP contribution in [0.5, 0.6) is 0 Å². The molecule has 0 saturated carbocycles. The quantitative estimate of drug-likeness (QED) is 0.575. The van der Waals surface area contributed by atoms with Gasteiger partial charge in [-0.15, -0.1) is 0 Å². The van der Waals surface area contributed by atoms with Gasteiger partial charge in [-0.05, 0) is 45.4 Å². The van der Waals surface area contributed by atoms with E-state index in [1.807, 2.05) is 0 Å². The van der Waals surface area contributed by atoms with E-state index in [0.29, 0.717) is 0 Å². The van der Waals surface area contributed by atoms with Crippen LogP contribution in [-0.4, -0.2) is 38.1 Å². The largest absolute Gasteiger partial charge is 0.317 e. The molecule has 0 aromatic rings. The van der Waals surface area contributed by atoms with Crippen molar-refractivity contribution in [3.05, 3.63) is 0 Å². The third kappa shape index (κ3) is 10.0. The van der Waals surface area contributed by atoms with Crippen LogP contribution in [0.2, 0.25) is 0 Å². The van der Waals surface area contributed by atoms with Gasteiger partial charge in [0.15, 0.2) is 0 Å². The average molecular weight is 200 g/mol. The Morgan fingerprint density at radius 2 is 1.86 bits per heavy atom. The molecule has 0 unspecified atom stereocenters. The summed E-state index contributed by atoms with van der Waals surface area (Å²) in [4.78, 5) is 2.44. The minimum atomic E-state index is 0.793. The summed E-state index contributed by atoms with van der Waals surface area (Å²) in [6.07, 6.45) is 4.02. The van der Waals surface area contributed by atoms with Gasteiger partial charge in [-0.1, -0.05) is 27.2 Å². The minimum absolute atomic E-state index is 0.793. The van der Waals surface area contributed by atoms with Crippen LogP contribution < -0.4 is 5.32 Å². The van der Waals surface area contributed by atoms with E-state index in [-0.39, 0.29) is 0 Å². The molecule has 86 valence electrons. The van der Waals surface area contributed by atoms with Crippen LogP contribution in [0.25, 0.3) is 0 Å². The van der Waals surface area contributed by atoms with Crippen molar-refractivity contribution in [2.45, 2.75) is 40.0 Å². The molecule has 0 aliphatic rings. The molecule has 0 saturated heterocycles. The Kier molecular flexibility index (Phi) is 9.42. The van der Waals surface area contributed by atoms with E-state index in [0.717, 1.165) is 12.5 Å². The molecule has 0 atom stereocenters. The van der Waals surface area contributed by atoms with Gasteiger partial charge in [0.1, 0.15) is 0 Å². The van der Waals surface area contributed by atoms with E-state index in [1.54, 1.807) is 0 Å². The highest BCUT2D eigenvalue weighted by Gasteiger charge is 2.00. The standard InChI is InChI=1S/C12H28N2/c1-5-13-9-7-6-8-10-14(4)11-12(2)3/h12-13H,5-11H2,1-4H3. The van der Waals surface area contributed by atoms with E-state index < -0.39 is 0 Å². The number of nitrogens with one attached hydrogen (secondary N) is 1. The normalized spacial score (nSPS) is 11.6. The van der Waals surface area contributed by atoms with Gasteiger partial charge in [0, 0.05) is 6.54 Å².